The van der Waals surface area contributed by atoms with Gasteiger partial charge in [-0.05, 0) is 12.1 Å². The van der Waals surface area contributed by atoms with E-state index in [4.69, 9.17) is 4.74 Å². The van der Waals surface area contributed by atoms with Gasteiger partial charge in [0.25, 0.3) is 5.69 Å². The zero-order valence-corrected chi connectivity index (χ0v) is 10.4. The van der Waals surface area contributed by atoms with Crippen molar-refractivity contribution >= 4 is 11.4 Å². The molecule has 0 amide bonds. The van der Waals surface area contributed by atoms with Crippen LogP contribution in [-0.4, -0.2) is 12.0 Å². The SMILES string of the molecule is CNc1cc(Oc2cccc(F)c2F)cc([N+](=O)[O-])c1. The highest BCUT2D eigenvalue weighted by Crippen LogP contribution is 2.31. The second kappa shape index (κ2) is 5.52. The number of ether oxygens (including phenoxy) is 1. The summed E-state index contributed by atoms with van der Waals surface area (Å²) in [7, 11) is 1.58. The highest BCUT2D eigenvalue weighted by atomic mass is 19.2. The summed E-state index contributed by atoms with van der Waals surface area (Å²) >= 11 is 0. The molecule has 0 aliphatic carbocycles. The third-order valence-corrected chi connectivity index (χ3v) is 2.53. The zero-order chi connectivity index (χ0) is 14.7. The van der Waals surface area contributed by atoms with Gasteiger partial charge in [0.2, 0.25) is 5.82 Å². The number of hydrogen-bond acceptors (Lipinski definition) is 4. The van der Waals surface area contributed by atoms with Crippen LogP contribution in [0.3, 0.4) is 0 Å². The normalized spacial score (nSPS) is 10.2. The average molecular weight is 280 g/mol. The van der Waals surface area contributed by atoms with E-state index in [0.717, 1.165) is 12.1 Å². The predicted octanol–water partition coefficient (Wildman–Crippen LogP) is 3.71. The first kappa shape index (κ1) is 13.7. The summed E-state index contributed by atoms with van der Waals surface area (Å²) in [5.41, 5.74) is 0.203. The van der Waals surface area contributed by atoms with Crippen LogP contribution in [0.4, 0.5) is 20.2 Å². The molecular formula is C13H10F2N2O3. The fraction of sp³-hybridized carbons (Fsp3) is 0.0769. The minimum absolute atomic E-state index is 0.0352. The fourth-order valence-electron chi connectivity index (χ4n) is 1.58. The molecule has 0 aromatic heterocycles. The van der Waals surface area contributed by atoms with Crippen molar-refractivity contribution in [2.75, 3.05) is 12.4 Å². The molecule has 0 aliphatic heterocycles. The molecule has 0 fully saturated rings. The quantitative estimate of drug-likeness (QED) is 0.685. The molecule has 2 aromatic rings. The third kappa shape index (κ3) is 2.82. The van der Waals surface area contributed by atoms with E-state index in [1.165, 1.54) is 24.3 Å². The largest absolute Gasteiger partial charge is 0.454 e. The summed E-state index contributed by atoms with van der Waals surface area (Å²) in [6, 6.07) is 7.34. The molecule has 104 valence electrons. The topological polar surface area (TPSA) is 64.4 Å². The number of nitrogens with one attached hydrogen (secondary N) is 1. The second-order valence-corrected chi connectivity index (χ2v) is 3.88. The number of anilines is 1. The van der Waals surface area contributed by atoms with E-state index in [0.29, 0.717) is 5.69 Å². The molecule has 0 heterocycles. The minimum Gasteiger partial charge on any atom is -0.454 e. The molecule has 2 aromatic carbocycles. The number of nitro benzene ring substituents is 1. The highest BCUT2D eigenvalue weighted by molar-refractivity contribution is 5.56. The van der Waals surface area contributed by atoms with Gasteiger partial charge in [-0.1, -0.05) is 6.07 Å². The lowest BCUT2D eigenvalue weighted by molar-refractivity contribution is -0.384. The molecule has 2 rings (SSSR count). The first-order chi connectivity index (χ1) is 9.51. The number of rotatable bonds is 4. The number of nitro groups is 1. The van der Waals surface area contributed by atoms with Crippen LogP contribution in [0.5, 0.6) is 11.5 Å². The lowest BCUT2D eigenvalue weighted by Gasteiger charge is -2.09. The van der Waals surface area contributed by atoms with Gasteiger partial charge in [-0.25, -0.2) is 4.39 Å². The van der Waals surface area contributed by atoms with E-state index in [2.05, 4.69) is 5.32 Å². The van der Waals surface area contributed by atoms with Crippen LogP contribution < -0.4 is 10.1 Å². The molecule has 0 saturated carbocycles. The second-order valence-electron chi connectivity index (χ2n) is 3.88. The van der Waals surface area contributed by atoms with Gasteiger partial charge in [-0.2, -0.15) is 4.39 Å². The molecule has 0 radical (unpaired) electrons. The Morgan fingerprint density at radius 3 is 2.65 bits per heavy atom. The number of non-ortho nitro benzene ring substituents is 1. The van der Waals surface area contributed by atoms with Crippen molar-refractivity contribution < 1.29 is 18.4 Å². The summed E-state index contributed by atoms with van der Waals surface area (Å²) < 4.78 is 31.7. The van der Waals surface area contributed by atoms with Crippen molar-refractivity contribution in [3.63, 3.8) is 0 Å². The van der Waals surface area contributed by atoms with Gasteiger partial charge >= 0.3 is 0 Å². The van der Waals surface area contributed by atoms with E-state index in [-0.39, 0.29) is 17.2 Å². The van der Waals surface area contributed by atoms with Crippen LogP contribution in [-0.2, 0) is 0 Å². The van der Waals surface area contributed by atoms with Gasteiger partial charge in [0.1, 0.15) is 5.75 Å². The van der Waals surface area contributed by atoms with Crippen LogP contribution in [0.1, 0.15) is 0 Å². The monoisotopic (exact) mass is 280 g/mol. The number of halogens is 2. The molecule has 0 unspecified atom stereocenters. The smallest absolute Gasteiger partial charge is 0.275 e. The van der Waals surface area contributed by atoms with Gasteiger partial charge in [0, 0.05) is 24.9 Å². The summed E-state index contributed by atoms with van der Waals surface area (Å²) in [5, 5.41) is 13.5. The zero-order valence-electron chi connectivity index (χ0n) is 10.4. The Morgan fingerprint density at radius 2 is 2.00 bits per heavy atom. The standard InChI is InChI=1S/C13H10F2N2O3/c1-16-8-5-9(17(18)19)7-10(6-8)20-12-4-2-3-11(14)13(12)15/h2-7,16H,1H3. The van der Waals surface area contributed by atoms with Crippen LogP contribution >= 0.6 is 0 Å². The fourth-order valence-corrected chi connectivity index (χ4v) is 1.58. The molecule has 0 aliphatic rings. The van der Waals surface area contributed by atoms with E-state index in [1.54, 1.807) is 7.05 Å². The molecule has 1 N–H and O–H groups in total. The molecular weight excluding hydrogens is 270 g/mol. The summed E-state index contributed by atoms with van der Waals surface area (Å²) in [4.78, 5) is 10.2. The van der Waals surface area contributed by atoms with Crippen LogP contribution in [0.25, 0.3) is 0 Å². The average Bonchev–Trinajstić information content (AvgIpc) is 2.43. The van der Waals surface area contributed by atoms with E-state index in [1.807, 2.05) is 0 Å². The maximum Gasteiger partial charge on any atom is 0.275 e. The third-order valence-electron chi connectivity index (χ3n) is 2.53. The molecule has 20 heavy (non-hydrogen) atoms. The molecule has 7 heteroatoms. The maximum atomic E-state index is 13.5. The van der Waals surface area contributed by atoms with Crippen molar-refractivity contribution in [2.24, 2.45) is 0 Å². The molecule has 5 nitrogen and oxygen atoms in total. The van der Waals surface area contributed by atoms with Gasteiger partial charge in [-0.3, -0.25) is 10.1 Å². The van der Waals surface area contributed by atoms with Crippen molar-refractivity contribution in [1.82, 2.24) is 0 Å². The summed E-state index contributed by atoms with van der Waals surface area (Å²) in [6.45, 7) is 0. The first-order valence-electron chi connectivity index (χ1n) is 5.60. The molecule has 0 spiro atoms. The van der Waals surface area contributed by atoms with Crippen molar-refractivity contribution in [2.45, 2.75) is 0 Å². The number of hydrogen-bond donors (Lipinski definition) is 1. The maximum absolute atomic E-state index is 13.5. The van der Waals surface area contributed by atoms with Crippen molar-refractivity contribution in [1.29, 1.82) is 0 Å². The van der Waals surface area contributed by atoms with Crippen LogP contribution in [0.2, 0.25) is 0 Å². The number of benzene rings is 2. The molecule has 0 saturated heterocycles. The van der Waals surface area contributed by atoms with E-state index >= 15 is 0 Å². The summed E-state index contributed by atoms with van der Waals surface area (Å²) in [5.74, 6) is -2.51. The lowest BCUT2D eigenvalue weighted by atomic mass is 10.2. The van der Waals surface area contributed by atoms with Crippen LogP contribution in [0.15, 0.2) is 36.4 Å². The Bertz CT molecular complexity index is 662. The van der Waals surface area contributed by atoms with Gasteiger partial charge < -0.3 is 10.1 Å². The first-order valence-corrected chi connectivity index (χ1v) is 5.60. The minimum atomic E-state index is -1.15. The van der Waals surface area contributed by atoms with Gasteiger partial charge in [0.05, 0.1) is 11.0 Å². The Kier molecular flexibility index (Phi) is 3.79. The van der Waals surface area contributed by atoms with Crippen molar-refractivity contribution in [3.8, 4) is 11.5 Å². The summed E-state index contributed by atoms with van der Waals surface area (Å²) in [6.07, 6.45) is 0. The molecule has 0 atom stereocenters. The van der Waals surface area contributed by atoms with Crippen LogP contribution in [0, 0.1) is 21.7 Å². The van der Waals surface area contributed by atoms with E-state index in [9.17, 15) is 18.9 Å². The van der Waals surface area contributed by atoms with E-state index < -0.39 is 16.6 Å². The van der Waals surface area contributed by atoms with Gasteiger partial charge in [-0.15, -0.1) is 0 Å². The Morgan fingerprint density at radius 1 is 1.25 bits per heavy atom. The van der Waals surface area contributed by atoms with Gasteiger partial charge in [0.15, 0.2) is 11.6 Å². The van der Waals surface area contributed by atoms with Crippen molar-refractivity contribution in [3.05, 3.63) is 58.1 Å². The Balaban J connectivity index is 2.40. The predicted molar refractivity (Wildman–Crippen MR) is 69.1 cm³/mol. The number of nitrogens with zero attached hydrogens (tertiary/aromatic N) is 1. The molecule has 0 bridgehead atoms. The highest BCUT2D eigenvalue weighted by Gasteiger charge is 2.14. The lowest BCUT2D eigenvalue weighted by Crippen LogP contribution is -1.96. The Hall–Kier alpha value is -2.70. The Labute approximate surface area is 113 Å².